The zero-order valence-corrected chi connectivity index (χ0v) is 65.2. The van der Waals surface area contributed by atoms with E-state index in [0.717, 1.165) is 105 Å². The highest BCUT2D eigenvalue weighted by Gasteiger charge is 2.54. The van der Waals surface area contributed by atoms with Crippen molar-refractivity contribution in [1.82, 2.24) is 0 Å². The first-order valence-electron chi connectivity index (χ1n) is 39.9. The number of rotatable bonds is 9. The van der Waals surface area contributed by atoms with Gasteiger partial charge in [-0.3, -0.25) is 0 Å². The van der Waals surface area contributed by atoms with Crippen molar-refractivity contribution in [2.75, 3.05) is 20.0 Å². The molecule has 0 saturated heterocycles. The fourth-order valence-corrected chi connectivity index (χ4v) is 19.9. The Balaban J connectivity index is 0.000000133. The first kappa shape index (κ1) is 73.2. The van der Waals surface area contributed by atoms with E-state index >= 15 is 0 Å². The molecule has 18 aromatic carbocycles. The number of nitrogens with zero attached hydrogens (tertiary/aromatic N) is 3. The lowest BCUT2D eigenvalue weighted by molar-refractivity contribution is 0.668. The van der Waals surface area contributed by atoms with Crippen molar-refractivity contribution in [3.05, 3.63) is 486 Å². The smallest absolute Gasteiger partial charge is 0.159 e. The minimum Gasteiger partial charge on any atom is -0.454 e. The van der Waals surface area contributed by atoms with Gasteiger partial charge in [0.25, 0.3) is 0 Å². The first-order valence-corrected chi connectivity index (χ1v) is 40.7. The summed E-state index contributed by atoms with van der Waals surface area (Å²) < 4.78 is 14.8. The Hall–Kier alpha value is -14.8. The monoisotopic (exact) mass is 1590 g/mol. The molecule has 2 aliphatic heterocycles. The van der Waals surface area contributed by atoms with E-state index in [0.29, 0.717) is 0 Å². The third kappa shape index (κ3) is 11.5. The fourth-order valence-electron chi connectivity index (χ4n) is 19.5. The normalized spacial score (nSPS) is 12.9. The average molecular weight is 1590 g/mol. The number of hydrogen-bond acceptors (Lipinski definition) is 6. The van der Waals surface area contributed by atoms with Crippen LogP contribution in [0.3, 0.4) is 0 Å². The van der Waals surface area contributed by atoms with Gasteiger partial charge in [-0.1, -0.05) is 342 Å². The molecule has 4 heterocycles. The van der Waals surface area contributed by atoms with E-state index in [-0.39, 0.29) is 14.9 Å². The molecule has 0 saturated carbocycles. The summed E-state index contributed by atoms with van der Waals surface area (Å²) in [4.78, 5) is 7.15. The second kappa shape index (κ2) is 30.1. The predicted molar refractivity (Wildman–Crippen MR) is 501 cm³/mol. The lowest BCUT2D eigenvalue weighted by Gasteiger charge is -2.45. The van der Waals surface area contributed by atoms with Gasteiger partial charge >= 0.3 is 0 Å². The van der Waals surface area contributed by atoms with Gasteiger partial charge in [-0.25, -0.2) is 0 Å². The summed E-state index contributed by atoms with van der Waals surface area (Å²) in [5, 5.41) is 7.73. The topological polar surface area (TPSA) is 48.0 Å². The van der Waals surface area contributed by atoms with Crippen LogP contribution in [-0.4, -0.2) is 0 Å². The molecule has 0 bridgehead atoms. The van der Waals surface area contributed by atoms with Crippen LogP contribution in [0.25, 0.3) is 88.4 Å². The van der Waals surface area contributed by atoms with Crippen molar-refractivity contribution in [3.8, 4) is 44.5 Å². The molecular weight excluding hydrogens is 1510 g/mol. The Kier molecular flexibility index (Phi) is 18.5. The van der Waals surface area contributed by atoms with E-state index in [1.165, 1.54) is 95.1 Å². The molecule has 568 valence electrons. The minimum atomic E-state index is -0.540. The molecule has 119 heavy (non-hydrogen) atoms. The number of nitrogens with one attached hydrogen (secondary N) is 1. The van der Waals surface area contributed by atoms with Gasteiger partial charge in [0.2, 0.25) is 0 Å². The summed E-state index contributed by atoms with van der Waals surface area (Å²) in [6, 6.07) is 156. The second-order valence-corrected chi connectivity index (χ2v) is 31.0. The van der Waals surface area contributed by atoms with E-state index in [1.807, 2.05) is 66.7 Å². The Morgan fingerprint density at radius 1 is 0.235 bits per heavy atom. The van der Waals surface area contributed by atoms with Gasteiger partial charge in [-0.05, 0) is 203 Å². The maximum Gasteiger partial charge on any atom is 0.159 e. The van der Waals surface area contributed by atoms with Crippen LogP contribution in [0.15, 0.2) is 450 Å². The minimum absolute atomic E-state index is 0. The molecule has 0 unspecified atom stereocenters. The van der Waals surface area contributed by atoms with Gasteiger partial charge in [0.15, 0.2) is 5.58 Å². The first-order chi connectivity index (χ1) is 58.0. The molecule has 4 aliphatic rings. The fraction of sp³-hybridized carbons (Fsp3) is 0.0357. The number of hydrogen-bond donors (Lipinski definition) is 1. The maximum absolute atomic E-state index is 7.21. The highest BCUT2D eigenvalue weighted by Crippen LogP contribution is 2.67. The molecule has 0 fully saturated rings. The largest absolute Gasteiger partial charge is 0.454 e. The Morgan fingerprint density at radius 3 is 0.933 bits per heavy atom. The summed E-state index contributed by atoms with van der Waals surface area (Å²) in [5.74, 6) is 0. The van der Waals surface area contributed by atoms with Gasteiger partial charge in [0, 0.05) is 66.8 Å². The number of furan rings is 2. The Morgan fingerprint density at radius 2 is 0.521 bits per heavy atom. The van der Waals surface area contributed by atoms with Gasteiger partial charge in [-0.15, -0.1) is 0 Å². The second-order valence-electron chi connectivity index (χ2n) is 30.2. The van der Waals surface area contributed by atoms with Crippen LogP contribution in [0.4, 0.5) is 62.6 Å². The number of fused-ring (bicyclic) bond motifs is 24. The quantitative estimate of drug-likeness (QED) is 0.155. The van der Waals surface area contributed by atoms with Crippen LogP contribution in [-0.2, 0) is 10.8 Å². The van der Waals surface area contributed by atoms with E-state index in [2.05, 4.69) is 406 Å². The lowest BCUT2D eigenvalue weighted by atomic mass is 9.64. The molecule has 2 spiro atoms. The van der Waals surface area contributed by atoms with Crippen molar-refractivity contribution in [2.24, 2.45) is 0 Å². The Labute approximate surface area is 702 Å². The summed E-state index contributed by atoms with van der Waals surface area (Å²) in [7, 11) is 0. The van der Waals surface area contributed by atoms with Gasteiger partial charge in [0.05, 0.1) is 43.7 Å². The highest BCUT2D eigenvalue weighted by atomic mass is 79.9. The molecule has 0 radical (unpaired) electrons. The lowest BCUT2D eigenvalue weighted by Crippen LogP contribution is -2.36. The molecule has 20 aromatic rings. The van der Waals surface area contributed by atoms with Crippen molar-refractivity contribution in [3.63, 3.8) is 0 Å². The van der Waals surface area contributed by atoms with Gasteiger partial charge < -0.3 is 28.9 Å². The molecule has 1 N–H and O–H groups in total. The van der Waals surface area contributed by atoms with Crippen LogP contribution >= 0.6 is 15.9 Å². The van der Waals surface area contributed by atoms with Crippen LogP contribution in [0, 0.1) is 0 Å². The molecule has 2 aliphatic carbocycles. The molecule has 2 aromatic heterocycles. The Bertz CT molecular complexity index is 7040. The molecule has 0 atom stereocenters. The van der Waals surface area contributed by atoms with E-state index in [4.69, 9.17) is 8.83 Å². The number of halogens is 1. The van der Waals surface area contributed by atoms with Crippen LogP contribution in [0.5, 0.6) is 0 Å². The number of anilines is 11. The van der Waals surface area contributed by atoms with Crippen molar-refractivity contribution in [2.45, 2.75) is 25.7 Å². The standard InChI is InChI=1S/C55H36N2O.C43H26BrNO.C12H11N.2CH4/c1-4-19-37(20-5-1)56(38-21-6-2-7-22-38)51-36-18-29-43-42-28-16-27-41(53(42)58-54(43)51)40-26-17-33-48-52(40)44-25-10-11-30-45(44)55(48)46-31-12-14-34-49(46)57(39-23-8-3-9-24-39)50-35-15-13-32-47(50)55;44-37-24-12-19-31-30-18-10-17-29(41(30)46-42(31)37)28-16-11-23-36-40(28)32-15-4-5-20-33(32)43(36)34-21-6-8-25-38(34)45(27-13-2-1-3-14-27)39-26-9-7-22-35(39)43;1-3-7-11(8-4-1)13-12-9-5-2-6-10-12;;/h1-36H;1-26H;1-10,13H;2*1H4. The van der Waals surface area contributed by atoms with E-state index < -0.39 is 10.8 Å². The van der Waals surface area contributed by atoms with Gasteiger partial charge in [-0.2, -0.15) is 0 Å². The summed E-state index contributed by atoms with van der Waals surface area (Å²) >= 11 is 3.73. The van der Waals surface area contributed by atoms with Crippen LogP contribution < -0.4 is 20.0 Å². The number of para-hydroxylation sites is 14. The van der Waals surface area contributed by atoms with E-state index in [1.54, 1.807) is 0 Å². The third-order valence-corrected chi connectivity index (χ3v) is 24.7. The highest BCUT2D eigenvalue weighted by molar-refractivity contribution is 9.10. The van der Waals surface area contributed by atoms with Crippen molar-refractivity contribution >= 4 is 122 Å². The summed E-state index contributed by atoms with van der Waals surface area (Å²) in [6.07, 6.45) is 0. The SMILES string of the molecule is Brc1cccc2c1oc1c(-c3cccc4c3-c3ccccc3C43c4ccccc4N(c4ccccc4)c4ccccc43)cccc12.C.C.c1ccc(N2c3ccccc3C3(c4ccccc4-c4c(-c5cccc6c5oc5c(N(c7ccccc7)c7ccccc7)cccc56)cccc43)c3ccccc32)cc1.c1ccc(Nc2ccccc2)cc1. The van der Waals surface area contributed by atoms with E-state index in [9.17, 15) is 0 Å². The zero-order valence-electron chi connectivity index (χ0n) is 63.6. The van der Waals surface area contributed by atoms with Crippen molar-refractivity contribution in [1.29, 1.82) is 0 Å². The maximum atomic E-state index is 7.21. The summed E-state index contributed by atoms with van der Waals surface area (Å²) in [5.41, 5.74) is 34.8. The summed E-state index contributed by atoms with van der Waals surface area (Å²) in [6.45, 7) is 0. The number of benzene rings is 18. The third-order valence-electron chi connectivity index (χ3n) is 24.0. The molecule has 7 heteroatoms. The zero-order chi connectivity index (χ0) is 77.5. The molecular formula is C112H81BrN4O2. The molecule has 6 nitrogen and oxygen atoms in total. The van der Waals surface area contributed by atoms with Crippen LogP contribution in [0.2, 0.25) is 0 Å². The molecule has 0 amide bonds. The average Bonchev–Trinajstić information content (AvgIpc) is 1.53. The van der Waals surface area contributed by atoms with Crippen LogP contribution in [0.1, 0.15) is 59.4 Å². The van der Waals surface area contributed by atoms with Gasteiger partial charge in [0.1, 0.15) is 16.7 Å². The predicted octanol–water partition coefficient (Wildman–Crippen LogP) is 31.7. The van der Waals surface area contributed by atoms with Crippen molar-refractivity contribution < 1.29 is 8.83 Å². The molecule has 24 rings (SSSR count).